The highest BCUT2D eigenvalue weighted by Crippen LogP contribution is 2.47. The zero-order chi connectivity index (χ0) is 9.47. The largest absolute Gasteiger partial charge is 0.545 e. The van der Waals surface area contributed by atoms with Crippen molar-refractivity contribution in [2.24, 2.45) is 0 Å². The van der Waals surface area contributed by atoms with E-state index in [1.165, 1.54) is 18.4 Å². The van der Waals surface area contributed by atoms with E-state index in [0.29, 0.717) is 5.41 Å². The molecule has 0 N–H and O–H groups in total. The predicted molar refractivity (Wildman–Crippen MR) is 47.4 cm³/mol. The monoisotopic (exact) mass is 175 g/mol. The molecule has 1 aromatic rings. The lowest BCUT2D eigenvalue weighted by molar-refractivity contribution is -0.255. The molecule has 0 saturated heterocycles. The highest BCUT2D eigenvalue weighted by atomic mass is 16.4. The van der Waals surface area contributed by atoms with Gasteiger partial charge in [0.05, 0.1) is 5.97 Å². The van der Waals surface area contributed by atoms with Gasteiger partial charge < -0.3 is 9.90 Å². The maximum Gasteiger partial charge on any atom is 0.0715 e. The Morgan fingerprint density at radius 3 is 2.23 bits per heavy atom. The van der Waals surface area contributed by atoms with E-state index in [4.69, 9.17) is 0 Å². The molecule has 0 spiro atoms. The Balaban J connectivity index is 2.28. The van der Waals surface area contributed by atoms with Crippen LogP contribution in [0.3, 0.4) is 0 Å². The number of benzene rings is 1. The highest BCUT2D eigenvalue weighted by Gasteiger charge is 2.38. The third-order valence-corrected chi connectivity index (χ3v) is 2.82. The van der Waals surface area contributed by atoms with Gasteiger partial charge in [0.15, 0.2) is 0 Å². The lowest BCUT2D eigenvalue weighted by Crippen LogP contribution is -2.22. The summed E-state index contributed by atoms with van der Waals surface area (Å²) in [4.78, 5) is 10.5. The average Bonchev–Trinajstić information content (AvgIpc) is 2.85. The number of rotatable bonds is 2. The van der Waals surface area contributed by atoms with Crippen molar-refractivity contribution in [3.8, 4) is 0 Å². The van der Waals surface area contributed by atoms with Gasteiger partial charge in [-0.25, -0.2) is 0 Å². The lowest BCUT2D eigenvalue weighted by Gasteiger charge is -2.09. The van der Waals surface area contributed by atoms with Gasteiger partial charge >= 0.3 is 0 Å². The summed E-state index contributed by atoms with van der Waals surface area (Å²) < 4.78 is 0. The quantitative estimate of drug-likeness (QED) is 0.675. The summed E-state index contributed by atoms with van der Waals surface area (Å²) in [6.45, 7) is 2.20. The average molecular weight is 175 g/mol. The summed E-state index contributed by atoms with van der Waals surface area (Å²) in [6.07, 6.45) is 2.41. The van der Waals surface area contributed by atoms with Crippen molar-refractivity contribution < 1.29 is 9.90 Å². The van der Waals surface area contributed by atoms with Crippen LogP contribution in [0.15, 0.2) is 24.3 Å². The molecule has 1 aromatic carbocycles. The number of carbonyl (C=O) groups is 1. The zero-order valence-corrected chi connectivity index (χ0v) is 7.54. The van der Waals surface area contributed by atoms with Crippen molar-refractivity contribution in [3.63, 3.8) is 0 Å². The third-order valence-electron chi connectivity index (χ3n) is 2.82. The molecule has 0 bridgehead atoms. The van der Waals surface area contributed by atoms with E-state index in [2.05, 4.69) is 6.92 Å². The molecule has 1 saturated carbocycles. The van der Waals surface area contributed by atoms with Gasteiger partial charge in [0.1, 0.15) is 0 Å². The van der Waals surface area contributed by atoms with Gasteiger partial charge in [-0.1, -0.05) is 31.2 Å². The van der Waals surface area contributed by atoms with E-state index in [9.17, 15) is 9.90 Å². The topological polar surface area (TPSA) is 40.1 Å². The first-order valence-electron chi connectivity index (χ1n) is 4.44. The van der Waals surface area contributed by atoms with Crippen molar-refractivity contribution in [2.75, 3.05) is 0 Å². The number of hydrogen-bond acceptors (Lipinski definition) is 2. The third kappa shape index (κ3) is 1.44. The van der Waals surface area contributed by atoms with Crippen molar-refractivity contribution >= 4 is 5.97 Å². The Bertz CT molecular complexity index is 334. The minimum absolute atomic E-state index is 0.257. The van der Waals surface area contributed by atoms with Crippen LogP contribution in [0.1, 0.15) is 35.7 Å². The van der Waals surface area contributed by atoms with Crippen LogP contribution in [0.5, 0.6) is 0 Å². The number of carboxylic acid groups (broad SMARTS) is 1. The second-order valence-corrected chi connectivity index (χ2v) is 3.93. The van der Waals surface area contributed by atoms with Gasteiger partial charge in [0, 0.05) is 0 Å². The van der Waals surface area contributed by atoms with Crippen LogP contribution in [-0.2, 0) is 5.41 Å². The van der Waals surface area contributed by atoms with Crippen LogP contribution in [0.2, 0.25) is 0 Å². The van der Waals surface area contributed by atoms with Crippen molar-refractivity contribution in [1.82, 2.24) is 0 Å². The van der Waals surface area contributed by atoms with E-state index in [1.807, 2.05) is 12.1 Å². The number of hydrogen-bond donors (Lipinski definition) is 0. The summed E-state index contributed by atoms with van der Waals surface area (Å²) >= 11 is 0. The molecular formula is C11H11O2-. The van der Waals surface area contributed by atoms with E-state index in [-0.39, 0.29) is 5.56 Å². The molecule has 2 nitrogen and oxygen atoms in total. The molecule has 0 amide bonds. The van der Waals surface area contributed by atoms with Crippen LogP contribution < -0.4 is 5.11 Å². The molecule has 1 fully saturated rings. The molecule has 1 aliphatic carbocycles. The summed E-state index contributed by atoms with van der Waals surface area (Å²) in [5.74, 6) is -1.10. The summed E-state index contributed by atoms with van der Waals surface area (Å²) in [6, 6.07) is 7.01. The Labute approximate surface area is 77.2 Å². The van der Waals surface area contributed by atoms with Gasteiger partial charge in [0.2, 0.25) is 0 Å². The van der Waals surface area contributed by atoms with Crippen molar-refractivity contribution in [3.05, 3.63) is 35.4 Å². The zero-order valence-electron chi connectivity index (χ0n) is 7.54. The molecule has 0 heterocycles. The Morgan fingerprint density at radius 1 is 1.31 bits per heavy atom. The second-order valence-electron chi connectivity index (χ2n) is 3.93. The van der Waals surface area contributed by atoms with Crippen LogP contribution in [0.4, 0.5) is 0 Å². The molecule has 0 aromatic heterocycles. The van der Waals surface area contributed by atoms with Gasteiger partial charge in [-0.2, -0.15) is 0 Å². The minimum atomic E-state index is -1.10. The number of carbonyl (C=O) groups excluding carboxylic acids is 1. The molecule has 68 valence electrons. The molecule has 2 rings (SSSR count). The van der Waals surface area contributed by atoms with Gasteiger partial charge in [-0.15, -0.1) is 0 Å². The summed E-state index contributed by atoms with van der Waals surface area (Å²) in [5, 5.41) is 10.5. The van der Waals surface area contributed by atoms with E-state index in [1.54, 1.807) is 12.1 Å². The second kappa shape index (κ2) is 2.59. The molecule has 13 heavy (non-hydrogen) atoms. The fourth-order valence-corrected chi connectivity index (χ4v) is 1.48. The summed E-state index contributed by atoms with van der Waals surface area (Å²) in [5.41, 5.74) is 1.80. The highest BCUT2D eigenvalue weighted by molar-refractivity contribution is 5.85. The van der Waals surface area contributed by atoms with Crippen molar-refractivity contribution in [1.29, 1.82) is 0 Å². The van der Waals surface area contributed by atoms with Gasteiger partial charge in [-0.3, -0.25) is 0 Å². The minimum Gasteiger partial charge on any atom is -0.545 e. The standard InChI is InChI=1S/C11H12O2/c1-11(6-7-11)9-4-2-8(3-5-9)10(12)13/h2-5H,6-7H2,1H3,(H,12,13)/p-1. The maximum absolute atomic E-state index is 10.5. The predicted octanol–water partition coefficient (Wildman–Crippen LogP) is 1.10. The molecule has 0 aliphatic heterocycles. The van der Waals surface area contributed by atoms with Crippen LogP contribution in [0, 0.1) is 0 Å². The first-order chi connectivity index (χ1) is 6.12. The van der Waals surface area contributed by atoms with Gasteiger partial charge in [0.25, 0.3) is 0 Å². The summed E-state index contributed by atoms with van der Waals surface area (Å²) in [7, 11) is 0. The lowest BCUT2D eigenvalue weighted by atomic mass is 9.97. The van der Waals surface area contributed by atoms with E-state index in [0.717, 1.165) is 0 Å². The Kier molecular flexibility index (Phi) is 1.65. The molecular weight excluding hydrogens is 164 g/mol. The van der Waals surface area contributed by atoms with Gasteiger partial charge in [-0.05, 0) is 29.4 Å². The SMILES string of the molecule is CC1(c2ccc(C(=O)[O-])cc2)CC1. The first kappa shape index (κ1) is 8.30. The maximum atomic E-state index is 10.5. The number of carboxylic acids is 1. The van der Waals surface area contributed by atoms with E-state index >= 15 is 0 Å². The van der Waals surface area contributed by atoms with Crippen LogP contribution in [0.25, 0.3) is 0 Å². The van der Waals surface area contributed by atoms with Crippen molar-refractivity contribution in [2.45, 2.75) is 25.2 Å². The molecule has 2 heteroatoms. The molecule has 0 unspecified atom stereocenters. The molecule has 0 radical (unpaired) electrons. The van der Waals surface area contributed by atoms with Crippen LogP contribution >= 0.6 is 0 Å². The fraction of sp³-hybridized carbons (Fsp3) is 0.364. The van der Waals surface area contributed by atoms with E-state index < -0.39 is 5.97 Å². The molecule has 0 atom stereocenters. The van der Waals surface area contributed by atoms with Crippen LogP contribution in [-0.4, -0.2) is 5.97 Å². The first-order valence-corrected chi connectivity index (χ1v) is 4.44. The fourth-order valence-electron chi connectivity index (χ4n) is 1.48. The normalized spacial score (nSPS) is 18.2. The smallest absolute Gasteiger partial charge is 0.0715 e. The molecule has 1 aliphatic rings. The Hall–Kier alpha value is -1.31. The number of aromatic carboxylic acids is 1. The Morgan fingerprint density at radius 2 is 1.85 bits per heavy atom.